The van der Waals surface area contributed by atoms with Crippen molar-refractivity contribution < 1.29 is 19.8 Å². The summed E-state index contributed by atoms with van der Waals surface area (Å²) >= 11 is 3.37. The molecule has 3 N–H and O–H groups in total. The first kappa shape index (κ1) is 18.4. The van der Waals surface area contributed by atoms with Crippen molar-refractivity contribution in [1.29, 1.82) is 0 Å². The SMILES string of the molecule is O=C(O)c1ccc(-c2n[nH]c3c2C(C(=O)c2c(O)cccc2Br)CCC3)cc1. The third-order valence-corrected chi connectivity index (χ3v) is 5.77. The van der Waals surface area contributed by atoms with Crippen molar-refractivity contribution in [3.05, 3.63) is 69.3 Å². The van der Waals surface area contributed by atoms with Crippen LogP contribution in [0.25, 0.3) is 11.3 Å². The van der Waals surface area contributed by atoms with Crippen molar-refractivity contribution in [3.8, 4) is 17.0 Å². The number of Topliss-reactive ketones (excluding diaryl/α,β-unsaturated/α-hetero) is 1. The van der Waals surface area contributed by atoms with Crippen molar-refractivity contribution in [2.75, 3.05) is 0 Å². The van der Waals surface area contributed by atoms with E-state index in [-0.39, 0.29) is 22.7 Å². The first-order chi connectivity index (χ1) is 13.5. The number of H-pyrrole nitrogens is 1. The molecule has 3 aromatic rings. The molecule has 4 rings (SSSR count). The Balaban J connectivity index is 1.78. The van der Waals surface area contributed by atoms with Gasteiger partial charge >= 0.3 is 5.97 Å². The lowest BCUT2D eigenvalue weighted by Crippen LogP contribution is -2.19. The number of carboxylic acids is 1. The number of ketones is 1. The van der Waals surface area contributed by atoms with Gasteiger partial charge in [-0.15, -0.1) is 0 Å². The van der Waals surface area contributed by atoms with Gasteiger partial charge in [0, 0.05) is 21.3 Å². The molecule has 0 spiro atoms. The second kappa shape index (κ2) is 7.24. The van der Waals surface area contributed by atoms with Crippen LogP contribution in [0.1, 0.15) is 50.7 Å². The monoisotopic (exact) mass is 440 g/mol. The second-order valence-corrected chi connectivity index (χ2v) is 7.64. The number of phenols is 1. The Morgan fingerprint density at radius 3 is 2.57 bits per heavy atom. The Labute approximate surface area is 169 Å². The van der Waals surface area contributed by atoms with Crippen LogP contribution >= 0.6 is 15.9 Å². The molecule has 2 aromatic carbocycles. The highest BCUT2D eigenvalue weighted by molar-refractivity contribution is 9.10. The fourth-order valence-electron chi connectivity index (χ4n) is 3.76. The van der Waals surface area contributed by atoms with Gasteiger partial charge in [-0.05, 0) is 59.5 Å². The summed E-state index contributed by atoms with van der Waals surface area (Å²) in [7, 11) is 0. The van der Waals surface area contributed by atoms with Gasteiger partial charge in [-0.25, -0.2) is 4.79 Å². The van der Waals surface area contributed by atoms with Gasteiger partial charge in [-0.3, -0.25) is 9.89 Å². The number of phenolic OH excluding ortho intramolecular Hbond substituents is 1. The van der Waals surface area contributed by atoms with E-state index in [1.54, 1.807) is 24.3 Å². The minimum atomic E-state index is -0.993. The van der Waals surface area contributed by atoms with E-state index in [1.807, 2.05) is 0 Å². The van der Waals surface area contributed by atoms with Crippen LogP contribution in [0.15, 0.2) is 46.9 Å². The summed E-state index contributed by atoms with van der Waals surface area (Å²) in [5.41, 5.74) is 3.60. The molecule has 142 valence electrons. The number of fused-ring (bicyclic) bond motifs is 1. The van der Waals surface area contributed by atoms with E-state index < -0.39 is 11.9 Å². The molecular weight excluding hydrogens is 424 g/mol. The minimum Gasteiger partial charge on any atom is -0.507 e. The number of nitrogens with one attached hydrogen (secondary N) is 1. The van der Waals surface area contributed by atoms with Crippen molar-refractivity contribution in [3.63, 3.8) is 0 Å². The lowest BCUT2D eigenvalue weighted by molar-refractivity contribution is 0.0696. The number of hydrogen-bond donors (Lipinski definition) is 3. The number of benzene rings is 2. The van der Waals surface area contributed by atoms with E-state index in [9.17, 15) is 14.7 Å². The average molecular weight is 441 g/mol. The Kier molecular flexibility index (Phi) is 4.77. The molecule has 0 saturated carbocycles. The number of carbonyl (C=O) groups is 2. The topological polar surface area (TPSA) is 103 Å². The summed E-state index contributed by atoms with van der Waals surface area (Å²) in [5, 5.41) is 26.8. The maximum Gasteiger partial charge on any atom is 0.335 e. The Bertz CT molecular complexity index is 1050. The van der Waals surface area contributed by atoms with Crippen molar-refractivity contribution in [1.82, 2.24) is 10.2 Å². The molecule has 0 amide bonds. The molecule has 0 bridgehead atoms. The molecule has 28 heavy (non-hydrogen) atoms. The quantitative estimate of drug-likeness (QED) is 0.516. The summed E-state index contributed by atoms with van der Waals surface area (Å²) in [6.07, 6.45) is 2.29. The van der Waals surface area contributed by atoms with E-state index in [0.29, 0.717) is 16.6 Å². The highest BCUT2D eigenvalue weighted by Gasteiger charge is 2.34. The summed E-state index contributed by atoms with van der Waals surface area (Å²) in [4.78, 5) is 24.4. The number of aromatic hydroxyl groups is 1. The number of carbonyl (C=O) groups excluding carboxylic acids is 1. The summed E-state index contributed by atoms with van der Waals surface area (Å²) in [6, 6.07) is 11.4. The fourth-order valence-corrected chi connectivity index (χ4v) is 4.31. The predicted octanol–water partition coefficient (Wildman–Crippen LogP) is 4.55. The van der Waals surface area contributed by atoms with Crippen LogP contribution in [0.5, 0.6) is 5.75 Å². The third-order valence-electron chi connectivity index (χ3n) is 5.11. The van der Waals surface area contributed by atoms with Gasteiger partial charge in [-0.2, -0.15) is 5.10 Å². The Hall–Kier alpha value is -2.93. The zero-order chi connectivity index (χ0) is 19.8. The molecule has 1 heterocycles. The fraction of sp³-hybridized carbons (Fsp3) is 0.190. The maximum atomic E-state index is 13.3. The van der Waals surface area contributed by atoms with Crippen LogP contribution in [0.4, 0.5) is 0 Å². The van der Waals surface area contributed by atoms with Crippen molar-refractivity contribution >= 4 is 27.7 Å². The van der Waals surface area contributed by atoms with Gasteiger partial charge in [0.2, 0.25) is 0 Å². The highest BCUT2D eigenvalue weighted by Crippen LogP contribution is 2.41. The van der Waals surface area contributed by atoms with Crippen LogP contribution in [0.2, 0.25) is 0 Å². The molecule has 0 aliphatic heterocycles. The molecule has 7 heteroatoms. The van der Waals surface area contributed by atoms with Crippen LogP contribution in [-0.4, -0.2) is 32.2 Å². The second-order valence-electron chi connectivity index (χ2n) is 6.79. The molecule has 0 fully saturated rings. The minimum absolute atomic E-state index is 0.0534. The van der Waals surface area contributed by atoms with Gasteiger partial charge in [-0.1, -0.05) is 18.2 Å². The normalized spacial score (nSPS) is 15.8. The summed E-state index contributed by atoms with van der Waals surface area (Å²) < 4.78 is 0.556. The predicted molar refractivity (Wildman–Crippen MR) is 107 cm³/mol. The Morgan fingerprint density at radius 2 is 1.89 bits per heavy atom. The largest absolute Gasteiger partial charge is 0.507 e. The number of aromatic carboxylic acids is 1. The standard InChI is InChI=1S/C21H17BrN2O4/c22-14-4-2-6-16(25)18(14)20(26)13-3-1-5-15-17(13)19(24-23-15)11-7-9-12(10-8-11)21(27)28/h2,4,6-10,13,25H,1,3,5H2,(H,23,24)(H,27,28). The molecule has 0 saturated heterocycles. The number of rotatable bonds is 4. The third kappa shape index (κ3) is 3.11. The van der Waals surface area contributed by atoms with Gasteiger partial charge in [0.15, 0.2) is 5.78 Å². The smallest absolute Gasteiger partial charge is 0.335 e. The number of nitrogens with zero attached hydrogens (tertiary/aromatic N) is 1. The molecule has 6 nitrogen and oxygen atoms in total. The molecule has 1 aliphatic carbocycles. The van der Waals surface area contributed by atoms with E-state index in [4.69, 9.17) is 5.11 Å². The van der Waals surface area contributed by atoms with E-state index in [1.165, 1.54) is 18.2 Å². The number of hydrogen-bond acceptors (Lipinski definition) is 4. The number of aromatic nitrogens is 2. The zero-order valence-corrected chi connectivity index (χ0v) is 16.4. The lowest BCUT2D eigenvalue weighted by atomic mass is 9.79. The van der Waals surface area contributed by atoms with Crippen LogP contribution in [0.3, 0.4) is 0 Å². The Morgan fingerprint density at radius 1 is 1.14 bits per heavy atom. The molecule has 0 radical (unpaired) electrons. The highest BCUT2D eigenvalue weighted by atomic mass is 79.9. The first-order valence-corrected chi connectivity index (χ1v) is 9.69. The molecule has 1 aliphatic rings. The first-order valence-electron chi connectivity index (χ1n) is 8.90. The maximum absolute atomic E-state index is 13.3. The van der Waals surface area contributed by atoms with E-state index in [0.717, 1.165) is 29.7 Å². The number of halogens is 1. The number of aromatic amines is 1. The van der Waals surface area contributed by atoms with Crippen LogP contribution in [0, 0.1) is 0 Å². The van der Waals surface area contributed by atoms with E-state index >= 15 is 0 Å². The van der Waals surface area contributed by atoms with Gasteiger partial charge in [0.1, 0.15) is 5.75 Å². The molecule has 1 aromatic heterocycles. The van der Waals surface area contributed by atoms with Gasteiger partial charge in [0.25, 0.3) is 0 Å². The van der Waals surface area contributed by atoms with Gasteiger partial charge in [0.05, 0.1) is 22.7 Å². The van der Waals surface area contributed by atoms with Crippen molar-refractivity contribution in [2.24, 2.45) is 0 Å². The zero-order valence-electron chi connectivity index (χ0n) is 14.8. The molecular formula is C21H17BrN2O4. The average Bonchev–Trinajstić information content (AvgIpc) is 3.12. The van der Waals surface area contributed by atoms with Crippen LogP contribution in [-0.2, 0) is 6.42 Å². The molecule has 1 unspecified atom stereocenters. The number of aryl methyl sites for hydroxylation is 1. The number of carboxylic acid groups (broad SMARTS) is 1. The van der Waals surface area contributed by atoms with Crippen LogP contribution < -0.4 is 0 Å². The van der Waals surface area contributed by atoms with Crippen molar-refractivity contribution in [2.45, 2.75) is 25.2 Å². The van der Waals surface area contributed by atoms with Gasteiger partial charge < -0.3 is 10.2 Å². The van der Waals surface area contributed by atoms with E-state index in [2.05, 4.69) is 26.1 Å². The summed E-state index contributed by atoms with van der Waals surface area (Å²) in [5.74, 6) is -1.63. The summed E-state index contributed by atoms with van der Waals surface area (Å²) in [6.45, 7) is 0. The molecule has 1 atom stereocenters. The lowest BCUT2D eigenvalue weighted by Gasteiger charge is -2.23.